The minimum Gasteiger partial charge on any atom is -0.467 e. The lowest BCUT2D eigenvalue weighted by atomic mass is 9.90. The van der Waals surface area contributed by atoms with Gasteiger partial charge in [-0.1, -0.05) is 44.2 Å². The summed E-state index contributed by atoms with van der Waals surface area (Å²) in [5, 5.41) is 3.12. The van der Waals surface area contributed by atoms with E-state index in [1.807, 2.05) is 43.3 Å². The summed E-state index contributed by atoms with van der Waals surface area (Å²) >= 11 is 0. The van der Waals surface area contributed by atoms with Gasteiger partial charge in [-0.25, -0.2) is 4.79 Å². The summed E-state index contributed by atoms with van der Waals surface area (Å²) in [6, 6.07) is 16.0. The second-order valence-corrected chi connectivity index (χ2v) is 7.10. The Bertz CT molecular complexity index is 784. The molecule has 4 rings (SSSR count). The van der Waals surface area contributed by atoms with Gasteiger partial charge in [0.1, 0.15) is 5.75 Å². The van der Waals surface area contributed by atoms with Gasteiger partial charge in [0.2, 0.25) is 0 Å². The Morgan fingerprint density at radius 3 is 2.58 bits per heavy atom. The first-order valence-electron chi connectivity index (χ1n) is 8.46. The lowest BCUT2D eigenvalue weighted by Crippen LogP contribution is -2.65. The van der Waals surface area contributed by atoms with E-state index in [1.165, 1.54) is 5.56 Å². The van der Waals surface area contributed by atoms with Crippen LogP contribution in [0.15, 0.2) is 48.5 Å². The van der Waals surface area contributed by atoms with Crippen molar-refractivity contribution < 1.29 is 9.53 Å². The summed E-state index contributed by atoms with van der Waals surface area (Å²) in [5.74, 6) is 1.31. The topological polar surface area (TPSA) is 41.6 Å². The molecule has 2 aromatic carbocycles. The van der Waals surface area contributed by atoms with Crippen LogP contribution in [0.1, 0.15) is 50.3 Å². The summed E-state index contributed by atoms with van der Waals surface area (Å²) in [6.45, 7) is 6.32. The molecule has 0 spiro atoms. The number of anilines is 1. The van der Waals surface area contributed by atoms with Crippen LogP contribution in [0.25, 0.3) is 0 Å². The van der Waals surface area contributed by atoms with Gasteiger partial charge in [-0.2, -0.15) is 0 Å². The highest BCUT2D eigenvalue weighted by atomic mass is 16.5. The van der Waals surface area contributed by atoms with Crippen molar-refractivity contribution in [3.05, 3.63) is 59.7 Å². The van der Waals surface area contributed by atoms with E-state index in [9.17, 15) is 4.79 Å². The van der Waals surface area contributed by atoms with Crippen LogP contribution in [0.4, 0.5) is 10.5 Å². The highest BCUT2D eigenvalue weighted by molar-refractivity contribution is 5.94. The van der Waals surface area contributed by atoms with Crippen molar-refractivity contribution in [3.8, 4) is 5.75 Å². The van der Waals surface area contributed by atoms with Crippen LogP contribution in [0, 0.1) is 0 Å². The summed E-state index contributed by atoms with van der Waals surface area (Å²) in [5.41, 5.74) is 2.49. The van der Waals surface area contributed by atoms with E-state index in [0.29, 0.717) is 5.92 Å². The van der Waals surface area contributed by atoms with Crippen LogP contribution in [0.3, 0.4) is 0 Å². The summed E-state index contributed by atoms with van der Waals surface area (Å²) in [7, 11) is 0. The average Bonchev–Trinajstić information content (AvgIpc) is 2.54. The maximum Gasteiger partial charge on any atom is 0.325 e. The summed E-state index contributed by atoms with van der Waals surface area (Å²) in [6.07, 6.45) is 0.724. The van der Waals surface area contributed by atoms with Crippen LogP contribution in [0.5, 0.6) is 5.75 Å². The molecule has 0 aromatic heterocycles. The van der Waals surface area contributed by atoms with Crippen LogP contribution >= 0.6 is 0 Å². The molecule has 2 amide bonds. The zero-order chi connectivity index (χ0) is 16.9. The molecule has 2 aliphatic rings. The molecule has 1 N–H and O–H groups in total. The van der Waals surface area contributed by atoms with E-state index in [2.05, 4.69) is 31.3 Å². The molecule has 0 aliphatic carbocycles. The van der Waals surface area contributed by atoms with Crippen LogP contribution in [0.2, 0.25) is 0 Å². The Labute approximate surface area is 142 Å². The maximum absolute atomic E-state index is 12.8. The van der Waals surface area contributed by atoms with E-state index in [4.69, 9.17) is 4.74 Å². The average molecular weight is 322 g/mol. The van der Waals surface area contributed by atoms with Gasteiger partial charge in [0.25, 0.3) is 0 Å². The monoisotopic (exact) mass is 322 g/mol. The van der Waals surface area contributed by atoms with E-state index in [1.54, 1.807) is 4.90 Å². The van der Waals surface area contributed by atoms with Gasteiger partial charge >= 0.3 is 6.03 Å². The molecule has 0 saturated carbocycles. The second-order valence-electron chi connectivity index (χ2n) is 7.10. The van der Waals surface area contributed by atoms with Crippen LogP contribution in [-0.4, -0.2) is 11.8 Å². The molecule has 24 heavy (non-hydrogen) atoms. The Kier molecular flexibility index (Phi) is 3.30. The predicted octanol–water partition coefficient (Wildman–Crippen LogP) is 4.58. The largest absolute Gasteiger partial charge is 0.467 e. The van der Waals surface area contributed by atoms with Crippen molar-refractivity contribution in [2.45, 2.75) is 44.9 Å². The Morgan fingerprint density at radius 1 is 1.17 bits per heavy atom. The maximum atomic E-state index is 12.8. The van der Waals surface area contributed by atoms with E-state index in [-0.39, 0.29) is 12.1 Å². The molecule has 2 atom stereocenters. The quantitative estimate of drug-likeness (QED) is 0.879. The number of hydrogen-bond acceptors (Lipinski definition) is 2. The third kappa shape index (κ3) is 2.25. The fraction of sp³-hybridized carbons (Fsp3) is 0.350. The number of nitrogens with zero attached hydrogens (tertiary/aromatic N) is 1. The van der Waals surface area contributed by atoms with Gasteiger partial charge in [-0.3, -0.25) is 4.90 Å². The number of amides is 2. The van der Waals surface area contributed by atoms with Crippen molar-refractivity contribution in [1.82, 2.24) is 5.32 Å². The number of nitrogens with one attached hydrogen (secondary N) is 1. The second kappa shape index (κ2) is 5.26. The number of ether oxygens (including phenoxy) is 1. The first-order valence-corrected chi connectivity index (χ1v) is 8.46. The number of fused-ring (bicyclic) bond motifs is 4. The minimum absolute atomic E-state index is 0.00126. The fourth-order valence-electron chi connectivity index (χ4n) is 3.72. The third-order valence-electron chi connectivity index (χ3n) is 5.00. The Hall–Kier alpha value is -2.49. The molecule has 2 heterocycles. The number of carbonyl (C=O) groups is 1. The lowest BCUT2D eigenvalue weighted by molar-refractivity contribution is 0.0379. The van der Waals surface area contributed by atoms with E-state index >= 15 is 0 Å². The van der Waals surface area contributed by atoms with Gasteiger partial charge in [-0.05, 0) is 36.6 Å². The summed E-state index contributed by atoms with van der Waals surface area (Å²) < 4.78 is 6.27. The number of para-hydroxylation sites is 1. The van der Waals surface area contributed by atoms with E-state index in [0.717, 1.165) is 23.4 Å². The van der Waals surface area contributed by atoms with Gasteiger partial charge in [0.05, 0.1) is 6.04 Å². The van der Waals surface area contributed by atoms with Crippen LogP contribution in [-0.2, 0) is 0 Å². The van der Waals surface area contributed by atoms with Crippen molar-refractivity contribution in [2.75, 3.05) is 4.90 Å². The molecule has 124 valence electrons. The predicted molar refractivity (Wildman–Crippen MR) is 94.4 cm³/mol. The van der Waals surface area contributed by atoms with Gasteiger partial charge in [-0.15, -0.1) is 0 Å². The van der Waals surface area contributed by atoms with Crippen molar-refractivity contribution in [2.24, 2.45) is 0 Å². The molecule has 2 bridgehead atoms. The van der Waals surface area contributed by atoms with E-state index < -0.39 is 5.72 Å². The smallest absolute Gasteiger partial charge is 0.325 e. The number of hydrogen-bond donors (Lipinski definition) is 1. The molecule has 2 aromatic rings. The van der Waals surface area contributed by atoms with Crippen molar-refractivity contribution >= 4 is 11.7 Å². The molecule has 1 saturated heterocycles. The summed E-state index contributed by atoms with van der Waals surface area (Å²) in [4.78, 5) is 14.5. The molecule has 0 radical (unpaired) electrons. The van der Waals surface area contributed by atoms with Crippen molar-refractivity contribution in [3.63, 3.8) is 0 Å². The Morgan fingerprint density at radius 2 is 1.88 bits per heavy atom. The molecule has 0 unspecified atom stereocenters. The van der Waals surface area contributed by atoms with Gasteiger partial charge in [0.15, 0.2) is 5.72 Å². The normalized spacial score (nSPS) is 25.1. The minimum atomic E-state index is -0.680. The van der Waals surface area contributed by atoms with Crippen molar-refractivity contribution in [1.29, 1.82) is 0 Å². The number of carbonyl (C=O) groups excluding carboxylic acids is 1. The standard InChI is InChI=1S/C20H22N2O2/c1-13(2)14-8-10-15(11-9-14)22-19(23)21-17-12-20(22,3)24-18-7-5-4-6-16(17)18/h4-11,13,17H,12H2,1-3H3,(H,21,23)/t17-,20-/m1/s1. The number of benzene rings is 2. The highest BCUT2D eigenvalue weighted by Crippen LogP contribution is 2.45. The fourth-order valence-corrected chi connectivity index (χ4v) is 3.72. The zero-order valence-electron chi connectivity index (χ0n) is 14.2. The molecule has 1 fully saturated rings. The molecule has 2 aliphatic heterocycles. The molecular weight excluding hydrogens is 300 g/mol. The molecule has 4 heteroatoms. The number of rotatable bonds is 2. The molecule has 4 nitrogen and oxygen atoms in total. The van der Waals surface area contributed by atoms with Gasteiger partial charge in [0, 0.05) is 17.7 Å². The SMILES string of the molecule is CC(C)c1ccc(N2C(=O)N[C@@H]3C[C@@]2(C)Oc2ccccc23)cc1. The highest BCUT2D eigenvalue weighted by Gasteiger charge is 2.49. The Balaban J connectivity index is 1.74. The third-order valence-corrected chi connectivity index (χ3v) is 5.00. The molecular formula is C20H22N2O2. The number of urea groups is 1. The van der Waals surface area contributed by atoms with Crippen LogP contribution < -0.4 is 15.0 Å². The first kappa shape index (κ1) is 15.1. The first-order chi connectivity index (χ1) is 11.5. The lowest BCUT2D eigenvalue weighted by Gasteiger charge is -2.50. The zero-order valence-corrected chi connectivity index (χ0v) is 14.2. The van der Waals surface area contributed by atoms with Gasteiger partial charge < -0.3 is 10.1 Å².